The highest BCUT2D eigenvalue weighted by molar-refractivity contribution is 7.09. The summed E-state index contributed by atoms with van der Waals surface area (Å²) >= 11 is 1.53. The van der Waals surface area contributed by atoms with Crippen molar-refractivity contribution in [2.75, 3.05) is 0 Å². The molecule has 0 aliphatic heterocycles. The molecule has 0 radical (unpaired) electrons. The minimum atomic E-state index is -1.02. The van der Waals surface area contributed by atoms with E-state index in [-0.39, 0.29) is 12.8 Å². The Morgan fingerprint density at radius 2 is 2.19 bits per heavy atom. The molecule has 0 aromatic carbocycles. The lowest BCUT2D eigenvalue weighted by molar-refractivity contribution is -0.140. The van der Waals surface area contributed by atoms with Gasteiger partial charge < -0.3 is 10.2 Å². The molecule has 1 rings (SSSR count). The topological polar surface area (TPSA) is 86.6 Å². The van der Waals surface area contributed by atoms with E-state index in [0.29, 0.717) is 6.54 Å². The van der Waals surface area contributed by atoms with Gasteiger partial charge in [-0.2, -0.15) is 0 Å². The second-order valence-electron chi connectivity index (χ2n) is 3.28. The normalized spacial score (nSPS) is 12.2. The first-order chi connectivity index (χ1) is 7.59. The van der Waals surface area contributed by atoms with Crippen LogP contribution < -0.4 is 5.32 Å². The Morgan fingerprint density at radius 3 is 2.69 bits per heavy atom. The van der Waals surface area contributed by atoms with E-state index in [1.54, 1.807) is 0 Å². The van der Waals surface area contributed by atoms with Crippen LogP contribution in [0, 0.1) is 0 Å². The third kappa shape index (κ3) is 4.41. The van der Waals surface area contributed by atoms with Crippen LogP contribution in [0.3, 0.4) is 0 Å². The molecule has 0 fully saturated rings. The summed E-state index contributed by atoms with van der Waals surface area (Å²) in [6.45, 7) is 0.453. The van der Waals surface area contributed by atoms with Crippen LogP contribution in [0.25, 0.3) is 0 Å². The Labute approximate surface area is 96.7 Å². The van der Waals surface area contributed by atoms with Gasteiger partial charge in [-0.3, -0.25) is 14.9 Å². The second kappa shape index (κ2) is 6.24. The van der Waals surface area contributed by atoms with E-state index in [4.69, 9.17) is 10.2 Å². The van der Waals surface area contributed by atoms with Gasteiger partial charge in [0.05, 0.1) is 0 Å². The molecule has 3 N–H and O–H groups in total. The summed E-state index contributed by atoms with van der Waals surface area (Å²) in [6.07, 6.45) is -0.0511. The summed E-state index contributed by atoms with van der Waals surface area (Å²) in [4.78, 5) is 22.2. The zero-order valence-electron chi connectivity index (χ0n) is 8.55. The van der Waals surface area contributed by atoms with Gasteiger partial charge in [-0.25, -0.2) is 0 Å². The number of aliphatic carboxylic acids is 2. The maximum Gasteiger partial charge on any atom is 0.320 e. The van der Waals surface area contributed by atoms with Gasteiger partial charge in [0.2, 0.25) is 0 Å². The first kappa shape index (κ1) is 12.7. The molecule has 0 saturated heterocycles. The standard InChI is InChI=1S/C10H13NO4S/c12-9(13)4-3-8(10(14)15)11-6-7-2-1-5-16-7/h1-2,5,8,11H,3-4,6H2,(H,12,13)(H,14,15)/t8-/m1/s1. The predicted molar refractivity (Wildman–Crippen MR) is 59.5 cm³/mol. The Hall–Kier alpha value is -1.40. The van der Waals surface area contributed by atoms with Crippen molar-refractivity contribution in [3.8, 4) is 0 Å². The van der Waals surface area contributed by atoms with Crippen molar-refractivity contribution in [2.45, 2.75) is 25.4 Å². The maximum atomic E-state index is 10.8. The summed E-state index contributed by atoms with van der Waals surface area (Å²) in [5, 5.41) is 22.1. The smallest absolute Gasteiger partial charge is 0.320 e. The Kier molecular flexibility index (Phi) is 4.94. The van der Waals surface area contributed by atoms with Crippen LogP contribution in [0.4, 0.5) is 0 Å². The molecule has 0 aliphatic rings. The Bertz CT molecular complexity index is 350. The second-order valence-corrected chi connectivity index (χ2v) is 4.32. The minimum Gasteiger partial charge on any atom is -0.481 e. The van der Waals surface area contributed by atoms with E-state index in [1.807, 2.05) is 17.5 Å². The molecule has 5 nitrogen and oxygen atoms in total. The van der Waals surface area contributed by atoms with E-state index in [1.165, 1.54) is 11.3 Å². The van der Waals surface area contributed by atoms with Crippen LogP contribution in [0.2, 0.25) is 0 Å². The highest BCUT2D eigenvalue weighted by atomic mass is 32.1. The van der Waals surface area contributed by atoms with Crippen molar-refractivity contribution in [1.82, 2.24) is 5.32 Å². The lowest BCUT2D eigenvalue weighted by Crippen LogP contribution is -2.36. The van der Waals surface area contributed by atoms with Gasteiger partial charge in [0.25, 0.3) is 0 Å². The molecule has 6 heteroatoms. The van der Waals surface area contributed by atoms with Crippen molar-refractivity contribution in [1.29, 1.82) is 0 Å². The number of hydrogen-bond donors (Lipinski definition) is 3. The van der Waals surface area contributed by atoms with Crippen LogP contribution in [0.1, 0.15) is 17.7 Å². The SMILES string of the molecule is O=C(O)CC[C@@H](NCc1cccs1)C(=O)O. The predicted octanol–water partition coefficient (Wildman–Crippen LogP) is 1.16. The van der Waals surface area contributed by atoms with Crippen molar-refractivity contribution >= 4 is 23.3 Å². The van der Waals surface area contributed by atoms with Crippen molar-refractivity contribution in [2.24, 2.45) is 0 Å². The fourth-order valence-electron chi connectivity index (χ4n) is 1.22. The third-order valence-corrected chi connectivity index (χ3v) is 2.92. The summed E-state index contributed by atoms with van der Waals surface area (Å²) in [6, 6.07) is 2.97. The summed E-state index contributed by atoms with van der Waals surface area (Å²) in [5.41, 5.74) is 0. The first-order valence-corrected chi connectivity index (χ1v) is 5.68. The zero-order valence-corrected chi connectivity index (χ0v) is 9.37. The fourth-order valence-corrected chi connectivity index (χ4v) is 1.87. The molecule has 16 heavy (non-hydrogen) atoms. The van der Waals surface area contributed by atoms with Crippen LogP contribution in [0.5, 0.6) is 0 Å². The Morgan fingerprint density at radius 1 is 1.44 bits per heavy atom. The summed E-state index contributed by atoms with van der Waals surface area (Å²) in [7, 11) is 0. The molecule has 1 aromatic rings. The monoisotopic (exact) mass is 243 g/mol. The average Bonchev–Trinajstić information content (AvgIpc) is 2.69. The van der Waals surface area contributed by atoms with Gasteiger partial charge in [0, 0.05) is 17.8 Å². The number of rotatable bonds is 7. The molecule has 0 aliphatic carbocycles. The van der Waals surface area contributed by atoms with Crippen LogP contribution in [-0.2, 0) is 16.1 Å². The molecular formula is C10H13NO4S. The van der Waals surface area contributed by atoms with Gasteiger partial charge >= 0.3 is 11.9 Å². The highest BCUT2D eigenvalue weighted by Crippen LogP contribution is 2.08. The molecule has 1 atom stereocenters. The van der Waals surface area contributed by atoms with Gasteiger partial charge in [-0.15, -0.1) is 11.3 Å². The molecule has 88 valence electrons. The number of carbonyl (C=O) groups is 2. The summed E-state index contributed by atoms with van der Waals surface area (Å²) in [5.74, 6) is -2.00. The van der Waals surface area contributed by atoms with E-state index in [9.17, 15) is 9.59 Å². The molecule has 0 saturated carbocycles. The molecule has 0 amide bonds. The number of thiophene rings is 1. The lowest BCUT2D eigenvalue weighted by Gasteiger charge is -2.12. The number of carboxylic acids is 2. The van der Waals surface area contributed by atoms with Crippen LogP contribution in [0.15, 0.2) is 17.5 Å². The largest absolute Gasteiger partial charge is 0.481 e. The first-order valence-electron chi connectivity index (χ1n) is 4.80. The third-order valence-electron chi connectivity index (χ3n) is 2.05. The number of nitrogens with one attached hydrogen (secondary N) is 1. The molecule has 1 aromatic heterocycles. The molecule has 0 spiro atoms. The minimum absolute atomic E-state index is 0.0933. The highest BCUT2D eigenvalue weighted by Gasteiger charge is 2.17. The van der Waals surface area contributed by atoms with E-state index < -0.39 is 18.0 Å². The van der Waals surface area contributed by atoms with Gasteiger partial charge in [0.1, 0.15) is 6.04 Å². The quantitative estimate of drug-likeness (QED) is 0.669. The van der Waals surface area contributed by atoms with Crippen LogP contribution in [-0.4, -0.2) is 28.2 Å². The fraction of sp³-hybridized carbons (Fsp3) is 0.400. The molecule has 1 heterocycles. The van der Waals surface area contributed by atoms with E-state index in [0.717, 1.165) is 4.88 Å². The Balaban J connectivity index is 2.39. The maximum absolute atomic E-state index is 10.8. The van der Waals surface area contributed by atoms with Crippen LogP contribution >= 0.6 is 11.3 Å². The molecule has 0 unspecified atom stereocenters. The van der Waals surface area contributed by atoms with Crippen molar-refractivity contribution in [3.05, 3.63) is 22.4 Å². The average molecular weight is 243 g/mol. The molecule has 0 bridgehead atoms. The number of hydrogen-bond acceptors (Lipinski definition) is 4. The van der Waals surface area contributed by atoms with Crippen molar-refractivity contribution in [3.63, 3.8) is 0 Å². The lowest BCUT2D eigenvalue weighted by atomic mass is 10.1. The van der Waals surface area contributed by atoms with Gasteiger partial charge in [-0.05, 0) is 17.9 Å². The molecular weight excluding hydrogens is 230 g/mol. The van der Waals surface area contributed by atoms with E-state index >= 15 is 0 Å². The van der Waals surface area contributed by atoms with Gasteiger partial charge in [0.15, 0.2) is 0 Å². The van der Waals surface area contributed by atoms with Gasteiger partial charge in [-0.1, -0.05) is 6.07 Å². The number of carboxylic acid groups (broad SMARTS) is 2. The summed E-state index contributed by atoms with van der Waals surface area (Å²) < 4.78 is 0. The zero-order chi connectivity index (χ0) is 12.0. The van der Waals surface area contributed by atoms with Crippen molar-refractivity contribution < 1.29 is 19.8 Å². The van der Waals surface area contributed by atoms with E-state index in [2.05, 4.69) is 5.32 Å².